The van der Waals surface area contributed by atoms with Crippen LogP contribution in [0.5, 0.6) is 11.5 Å². The van der Waals surface area contributed by atoms with Crippen LogP contribution in [0.15, 0.2) is 6.07 Å². The number of benzene rings is 1. The summed E-state index contributed by atoms with van der Waals surface area (Å²) in [6.07, 6.45) is 0.863. The average Bonchev–Trinajstić information content (AvgIpc) is 2.44. The van der Waals surface area contributed by atoms with Crippen molar-refractivity contribution in [1.29, 1.82) is 0 Å². The van der Waals surface area contributed by atoms with Gasteiger partial charge in [0.1, 0.15) is 11.5 Å². The summed E-state index contributed by atoms with van der Waals surface area (Å²) in [6.45, 7) is 5.42. The van der Waals surface area contributed by atoms with Gasteiger partial charge in [-0.25, -0.2) is 0 Å². The molecule has 1 heterocycles. The third-order valence-corrected chi connectivity index (χ3v) is 3.93. The number of rotatable bonds is 4. The van der Waals surface area contributed by atoms with Gasteiger partial charge in [0.05, 0.1) is 27.4 Å². The highest BCUT2D eigenvalue weighted by Crippen LogP contribution is 2.40. The van der Waals surface area contributed by atoms with Crippen molar-refractivity contribution in [3.63, 3.8) is 0 Å². The molecule has 4 nitrogen and oxygen atoms in total. The van der Waals surface area contributed by atoms with Gasteiger partial charge in [-0.2, -0.15) is 0 Å². The zero-order valence-corrected chi connectivity index (χ0v) is 12.2. The Hall–Kier alpha value is -1.26. The van der Waals surface area contributed by atoms with Crippen molar-refractivity contribution < 1.29 is 14.2 Å². The molecular weight excluding hydrogens is 242 g/mol. The van der Waals surface area contributed by atoms with E-state index in [-0.39, 0.29) is 12.0 Å². The van der Waals surface area contributed by atoms with Crippen LogP contribution in [0, 0.1) is 0 Å². The van der Waals surface area contributed by atoms with Crippen molar-refractivity contribution in [3.05, 3.63) is 22.8 Å². The maximum atomic E-state index is 6.03. The Balaban J connectivity index is 2.60. The van der Waals surface area contributed by atoms with Crippen LogP contribution in [-0.4, -0.2) is 26.9 Å². The molecule has 0 fully saturated rings. The van der Waals surface area contributed by atoms with Gasteiger partial charge in [-0.3, -0.25) is 0 Å². The molecule has 106 valence electrons. The lowest BCUT2D eigenvalue weighted by Crippen LogP contribution is -2.24. The molecule has 0 amide bonds. The third kappa shape index (κ3) is 2.55. The normalized spacial score (nSPS) is 17.5. The molecule has 0 aromatic heterocycles. The second kappa shape index (κ2) is 5.80. The second-order valence-electron chi connectivity index (χ2n) is 5.11. The quantitative estimate of drug-likeness (QED) is 0.907. The van der Waals surface area contributed by atoms with Gasteiger partial charge in [0.15, 0.2) is 0 Å². The van der Waals surface area contributed by atoms with Crippen LogP contribution in [-0.2, 0) is 17.8 Å². The summed E-state index contributed by atoms with van der Waals surface area (Å²) < 4.78 is 16.7. The first-order valence-electron chi connectivity index (χ1n) is 6.70. The van der Waals surface area contributed by atoms with E-state index in [1.54, 1.807) is 14.2 Å². The minimum Gasteiger partial charge on any atom is -0.496 e. The predicted octanol–water partition coefficient (Wildman–Crippen LogP) is 2.23. The first-order chi connectivity index (χ1) is 9.10. The summed E-state index contributed by atoms with van der Waals surface area (Å²) in [5, 5.41) is 0. The van der Waals surface area contributed by atoms with Crippen molar-refractivity contribution in [2.45, 2.75) is 38.8 Å². The van der Waals surface area contributed by atoms with E-state index in [0.717, 1.165) is 35.7 Å². The van der Waals surface area contributed by atoms with Crippen LogP contribution in [0.3, 0.4) is 0 Å². The topological polar surface area (TPSA) is 53.7 Å². The van der Waals surface area contributed by atoms with Crippen LogP contribution in [0.4, 0.5) is 0 Å². The van der Waals surface area contributed by atoms with E-state index in [4.69, 9.17) is 19.9 Å². The molecule has 1 aromatic carbocycles. The lowest BCUT2D eigenvalue weighted by atomic mass is 9.88. The first-order valence-corrected chi connectivity index (χ1v) is 6.70. The molecule has 4 heteroatoms. The molecule has 0 aliphatic carbocycles. The zero-order valence-electron chi connectivity index (χ0n) is 12.2. The van der Waals surface area contributed by atoms with Crippen LogP contribution in [0.1, 0.15) is 36.5 Å². The second-order valence-corrected chi connectivity index (χ2v) is 5.11. The van der Waals surface area contributed by atoms with E-state index in [2.05, 4.69) is 13.0 Å². The highest BCUT2D eigenvalue weighted by molar-refractivity contribution is 5.55. The highest BCUT2D eigenvalue weighted by Gasteiger charge is 2.25. The summed E-state index contributed by atoms with van der Waals surface area (Å²) in [4.78, 5) is 0. The molecule has 0 saturated heterocycles. The lowest BCUT2D eigenvalue weighted by Gasteiger charge is -2.27. The van der Waals surface area contributed by atoms with E-state index in [1.807, 2.05) is 6.92 Å². The first kappa shape index (κ1) is 14.2. The summed E-state index contributed by atoms with van der Waals surface area (Å²) in [6, 6.07) is 2.12. The molecule has 1 aliphatic heterocycles. The molecule has 1 aliphatic rings. The molecule has 0 radical (unpaired) electrons. The molecule has 2 rings (SSSR count). The lowest BCUT2D eigenvalue weighted by molar-refractivity contribution is 0.107. The summed E-state index contributed by atoms with van der Waals surface area (Å²) >= 11 is 0. The van der Waals surface area contributed by atoms with Gasteiger partial charge < -0.3 is 19.9 Å². The van der Waals surface area contributed by atoms with Crippen LogP contribution in [0.25, 0.3) is 0 Å². The van der Waals surface area contributed by atoms with Crippen molar-refractivity contribution in [2.24, 2.45) is 5.73 Å². The third-order valence-electron chi connectivity index (χ3n) is 3.93. The fourth-order valence-electron chi connectivity index (χ4n) is 2.57. The molecule has 0 bridgehead atoms. The Labute approximate surface area is 114 Å². The van der Waals surface area contributed by atoms with Gasteiger partial charge in [0.25, 0.3) is 0 Å². The van der Waals surface area contributed by atoms with Crippen LogP contribution < -0.4 is 15.2 Å². The van der Waals surface area contributed by atoms with Gasteiger partial charge >= 0.3 is 0 Å². The molecule has 0 saturated carbocycles. The van der Waals surface area contributed by atoms with E-state index in [0.29, 0.717) is 6.61 Å². The number of fused-ring (bicyclic) bond motifs is 1. The maximum Gasteiger partial charge on any atom is 0.128 e. The van der Waals surface area contributed by atoms with E-state index >= 15 is 0 Å². The smallest absolute Gasteiger partial charge is 0.128 e. The Kier molecular flexibility index (Phi) is 4.32. The fourth-order valence-corrected chi connectivity index (χ4v) is 2.57. The fraction of sp³-hybridized carbons (Fsp3) is 0.600. The summed E-state index contributed by atoms with van der Waals surface area (Å²) in [5.74, 6) is 2.03. The van der Waals surface area contributed by atoms with E-state index < -0.39 is 0 Å². The minimum atomic E-state index is 0.0566. The van der Waals surface area contributed by atoms with Crippen molar-refractivity contribution in [3.8, 4) is 11.5 Å². The molecule has 2 N–H and O–H groups in total. The van der Waals surface area contributed by atoms with E-state index in [9.17, 15) is 0 Å². The molecular formula is C15H23NO3. The highest BCUT2D eigenvalue weighted by atomic mass is 16.5. The molecule has 19 heavy (non-hydrogen) atoms. The number of ether oxygens (including phenoxy) is 3. The Morgan fingerprint density at radius 1 is 1.21 bits per heavy atom. The van der Waals surface area contributed by atoms with Crippen molar-refractivity contribution >= 4 is 0 Å². The summed E-state index contributed by atoms with van der Waals surface area (Å²) in [7, 11) is 3.41. The van der Waals surface area contributed by atoms with Crippen LogP contribution in [0.2, 0.25) is 0 Å². The summed E-state index contributed by atoms with van der Waals surface area (Å²) in [5.41, 5.74) is 9.43. The minimum absolute atomic E-state index is 0.0566. The Morgan fingerprint density at radius 3 is 2.53 bits per heavy atom. The maximum absolute atomic E-state index is 6.03. The van der Waals surface area contributed by atoms with Crippen molar-refractivity contribution in [1.82, 2.24) is 0 Å². The van der Waals surface area contributed by atoms with Gasteiger partial charge in [0, 0.05) is 22.7 Å². The Morgan fingerprint density at radius 2 is 1.95 bits per heavy atom. The van der Waals surface area contributed by atoms with Gasteiger partial charge in [-0.15, -0.1) is 0 Å². The number of hydrogen-bond donors (Lipinski definition) is 1. The number of hydrogen-bond acceptors (Lipinski definition) is 4. The van der Waals surface area contributed by atoms with Gasteiger partial charge in [-0.05, 0) is 25.3 Å². The number of nitrogens with two attached hydrogens (primary N) is 1. The molecule has 2 atom stereocenters. The Bertz CT molecular complexity index is 457. The van der Waals surface area contributed by atoms with Crippen LogP contribution >= 0.6 is 0 Å². The molecule has 0 spiro atoms. The molecule has 1 aromatic rings. The monoisotopic (exact) mass is 265 g/mol. The predicted molar refractivity (Wildman–Crippen MR) is 75.0 cm³/mol. The zero-order chi connectivity index (χ0) is 14.0. The van der Waals surface area contributed by atoms with Crippen molar-refractivity contribution in [2.75, 3.05) is 20.8 Å². The largest absolute Gasteiger partial charge is 0.496 e. The SMILES string of the molecule is COc1cc(C(C)C(C)N)c(OC)c2c1CCOC2. The standard InChI is InChI=1S/C15H23NO3/c1-9(10(2)16)12-7-14(17-3)11-5-6-19-8-13(11)15(12)18-4/h7,9-10H,5-6,8,16H2,1-4H3. The molecule has 2 unspecified atom stereocenters. The number of methoxy groups -OCH3 is 2. The average molecular weight is 265 g/mol. The van der Waals surface area contributed by atoms with Gasteiger partial charge in [-0.1, -0.05) is 6.92 Å². The van der Waals surface area contributed by atoms with Gasteiger partial charge in [0.2, 0.25) is 0 Å². The van der Waals surface area contributed by atoms with E-state index in [1.165, 1.54) is 5.56 Å².